The van der Waals surface area contributed by atoms with Crippen molar-refractivity contribution < 1.29 is 9.53 Å². The molecule has 3 rings (SSSR count). The molecule has 0 bridgehead atoms. The molecule has 0 aliphatic heterocycles. The topological polar surface area (TPSA) is 121 Å². The third-order valence-corrected chi connectivity index (χ3v) is 3.35. The lowest BCUT2D eigenvalue weighted by Crippen LogP contribution is -2.33. The van der Waals surface area contributed by atoms with E-state index >= 15 is 0 Å². The second-order valence-corrected chi connectivity index (χ2v) is 5.25. The van der Waals surface area contributed by atoms with Crippen molar-refractivity contribution in [3.63, 3.8) is 0 Å². The predicted octanol–water partition coefficient (Wildman–Crippen LogP) is 2.59. The molecule has 0 atom stereocenters. The third kappa shape index (κ3) is 4.09. The first-order chi connectivity index (χ1) is 12.7. The minimum Gasteiger partial charge on any atom is -0.471 e. The van der Waals surface area contributed by atoms with Gasteiger partial charge in [0.1, 0.15) is 12.1 Å². The Morgan fingerprint density at radius 1 is 1.31 bits per heavy atom. The van der Waals surface area contributed by atoms with Crippen LogP contribution in [0.4, 0.5) is 10.7 Å². The maximum atomic E-state index is 11.6. The number of carbonyl (C=O) groups excluding carboxylic acids is 1. The van der Waals surface area contributed by atoms with Gasteiger partial charge in [0, 0.05) is 13.6 Å². The summed E-state index contributed by atoms with van der Waals surface area (Å²) >= 11 is 0. The number of imidazole rings is 1. The number of aromatic nitrogens is 4. The van der Waals surface area contributed by atoms with Gasteiger partial charge in [-0.05, 0) is 12.5 Å². The molecule has 2 amide bonds. The van der Waals surface area contributed by atoms with Crippen LogP contribution in [0.3, 0.4) is 0 Å². The minimum absolute atomic E-state index is 0.0452. The molecule has 0 saturated carbocycles. The normalized spacial score (nSPS) is 11.0. The van der Waals surface area contributed by atoms with Crippen LogP contribution in [-0.4, -0.2) is 44.6 Å². The van der Waals surface area contributed by atoms with E-state index in [9.17, 15) is 4.79 Å². The number of nitrogens with zero attached hydrogens (tertiary/aromatic N) is 6. The minimum atomic E-state index is -0.377. The number of benzene rings is 1. The van der Waals surface area contributed by atoms with Crippen molar-refractivity contribution in [3.05, 3.63) is 42.2 Å². The Morgan fingerprint density at radius 2 is 2.12 bits per heavy atom. The number of rotatable bonds is 6. The summed E-state index contributed by atoms with van der Waals surface area (Å²) in [6, 6.07) is 9.33. The van der Waals surface area contributed by atoms with E-state index in [0.29, 0.717) is 30.2 Å². The molecule has 2 N–H and O–H groups in total. The standard InChI is InChI=1S/C16H18N8O2/c1-3-17-16(25)24(2)23-22-15-20-13-12(18-10-19-13)14(21-15)26-9-11-7-5-4-6-8-11/h4-8,10H,3,9H2,1-2H3,(H,17,25)(H,18,19,20,21)/b23-22+. The van der Waals surface area contributed by atoms with Gasteiger partial charge in [-0.2, -0.15) is 15.0 Å². The monoisotopic (exact) mass is 354 g/mol. The Labute approximate surface area is 149 Å². The van der Waals surface area contributed by atoms with Crippen LogP contribution in [0.5, 0.6) is 5.88 Å². The molecule has 2 heterocycles. The zero-order chi connectivity index (χ0) is 18.4. The molecule has 3 aromatic rings. The zero-order valence-corrected chi connectivity index (χ0v) is 14.4. The summed E-state index contributed by atoms with van der Waals surface area (Å²) < 4.78 is 5.78. The average Bonchev–Trinajstić information content (AvgIpc) is 3.14. The number of hydrogen-bond acceptors (Lipinski definition) is 7. The molecule has 26 heavy (non-hydrogen) atoms. The predicted molar refractivity (Wildman–Crippen MR) is 93.8 cm³/mol. The number of aromatic amines is 1. The molecule has 0 aliphatic carbocycles. The fraction of sp³-hybridized carbons (Fsp3) is 0.250. The van der Waals surface area contributed by atoms with E-state index in [1.54, 1.807) is 0 Å². The first-order valence-corrected chi connectivity index (χ1v) is 7.98. The van der Waals surface area contributed by atoms with Gasteiger partial charge in [-0.25, -0.2) is 9.78 Å². The summed E-state index contributed by atoms with van der Waals surface area (Å²) in [5.41, 5.74) is 1.97. The fourth-order valence-corrected chi connectivity index (χ4v) is 2.08. The molecule has 0 unspecified atom stereocenters. The largest absolute Gasteiger partial charge is 0.471 e. The second kappa shape index (κ2) is 8.01. The SMILES string of the molecule is CCNC(=O)N(C)/N=N/c1nc(OCc2ccccc2)c2[nH]cnc2n1. The molecule has 0 fully saturated rings. The van der Waals surface area contributed by atoms with Crippen LogP contribution in [0.25, 0.3) is 11.2 Å². The van der Waals surface area contributed by atoms with Crippen molar-refractivity contribution in [1.29, 1.82) is 0 Å². The van der Waals surface area contributed by atoms with Crippen LogP contribution >= 0.6 is 0 Å². The Kier molecular flexibility index (Phi) is 5.32. The molecular formula is C16H18N8O2. The van der Waals surface area contributed by atoms with Crippen LogP contribution in [0.1, 0.15) is 12.5 Å². The van der Waals surface area contributed by atoms with E-state index in [0.717, 1.165) is 10.6 Å². The smallest absolute Gasteiger partial charge is 0.338 e. The van der Waals surface area contributed by atoms with Crippen molar-refractivity contribution in [1.82, 2.24) is 30.3 Å². The summed E-state index contributed by atoms with van der Waals surface area (Å²) in [5.74, 6) is 0.356. The van der Waals surface area contributed by atoms with Gasteiger partial charge in [0.2, 0.25) is 5.88 Å². The van der Waals surface area contributed by atoms with Crippen molar-refractivity contribution >= 4 is 23.1 Å². The highest BCUT2D eigenvalue weighted by Crippen LogP contribution is 2.23. The average molecular weight is 354 g/mol. The first kappa shape index (κ1) is 17.3. The van der Waals surface area contributed by atoms with Crippen molar-refractivity contribution in [3.8, 4) is 5.88 Å². The lowest BCUT2D eigenvalue weighted by atomic mass is 10.2. The van der Waals surface area contributed by atoms with Gasteiger partial charge in [-0.15, -0.1) is 0 Å². The van der Waals surface area contributed by atoms with Crippen LogP contribution in [0.2, 0.25) is 0 Å². The summed E-state index contributed by atoms with van der Waals surface area (Å²) in [6.45, 7) is 2.64. The number of nitrogens with one attached hydrogen (secondary N) is 2. The molecule has 0 aliphatic rings. The van der Waals surface area contributed by atoms with E-state index in [-0.39, 0.29) is 12.0 Å². The van der Waals surface area contributed by atoms with Crippen LogP contribution in [0.15, 0.2) is 47.0 Å². The highest BCUT2D eigenvalue weighted by atomic mass is 16.5. The number of carbonyl (C=O) groups is 1. The number of H-pyrrole nitrogens is 1. The number of amides is 2. The van der Waals surface area contributed by atoms with Gasteiger partial charge in [0.15, 0.2) is 5.65 Å². The lowest BCUT2D eigenvalue weighted by Gasteiger charge is -2.09. The summed E-state index contributed by atoms with van der Waals surface area (Å²) in [4.78, 5) is 27.1. The molecule has 0 radical (unpaired) electrons. The zero-order valence-electron chi connectivity index (χ0n) is 14.4. The first-order valence-electron chi connectivity index (χ1n) is 7.98. The molecular weight excluding hydrogens is 336 g/mol. The summed E-state index contributed by atoms with van der Waals surface area (Å²) in [6.07, 6.45) is 1.50. The van der Waals surface area contributed by atoms with E-state index in [2.05, 4.69) is 35.6 Å². The number of hydrogen-bond donors (Lipinski definition) is 2. The molecule has 0 spiro atoms. The van der Waals surface area contributed by atoms with Gasteiger partial charge in [0.05, 0.1) is 6.33 Å². The molecule has 10 heteroatoms. The third-order valence-electron chi connectivity index (χ3n) is 3.35. The maximum absolute atomic E-state index is 11.6. The molecule has 0 saturated heterocycles. The highest BCUT2D eigenvalue weighted by Gasteiger charge is 2.12. The van der Waals surface area contributed by atoms with E-state index in [4.69, 9.17) is 4.74 Å². The lowest BCUT2D eigenvalue weighted by molar-refractivity contribution is 0.208. The second-order valence-electron chi connectivity index (χ2n) is 5.25. The number of fused-ring (bicyclic) bond motifs is 1. The van der Waals surface area contributed by atoms with Gasteiger partial charge in [-0.1, -0.05) is 40.7 Å². The molecule has 134 valence electrons. The Hall–Kier alpha value is -3.56. The Balaban J connectivity index is 1.80. The van der Waals surface area contributed by atoms with E-state index in [1.165, 1.54) is 13.4 Å². The van der Waals surface area contributed by atoms with Gasteiger partial charge in [-0.3, -0.25) is 0 Å². The Bertz CT molecular complexity index is 909. The quantitative estimate of drug-likeness (QED) is 0.520. The summed E-state index contributed by atoms with van der Waals surface area (Å²) in [7, 11) is 1.48. The molecule has 2 aromatic heterocycles. The summed E-state index contributed by atoms with van der Waals surface area (Å²) in [5, 5.41) is 11.3. The van der Waals surface area contributed by atoms with Crippen LogP contribution in [0, 0.1) is 0 Å². The van der Waals surface area contributed by atoms with Crippen molar-refractivity contribution in [2.75, 3.05) is 13.6 Å². The van der Waals surface area contributed by atoms with Crippen LogP contribution < -0.4 is 10.1 Å². The van der Waals surface area contributed by atoms with Crippen molar-refractivity contribution in [2.24, 2.45) is 10.3 Å². The van der Waals surface area contributed by atoms with Gasteiger partial charge in [0.25, 0.3) is 5.95 Å². The number of ether oxygens (including phenoxy) is 1. The molecule has 1 aromatic carbocycles. The highest BCUT2D eigenvalue weighted by molar-refractivity contribution is 5.76. The van der Waals surface area contributed by atoms with Gasteiger partial charge >= 0.3 is 6.03 Å². The van der Waals surface area contributed by atoms with Crippen molar-refractivity contribution in [2.45, 2.75) is 13.5 Å². The van der Waals surface area contributed by atoms with Gasteiger partial charge < -0.3 is 15.0 Å². The maximum Gasteiger partial charge on any atom is 0.338 e. The van der Waals surface area contributed by atoms with E-state index < -0.39 is 0 Å². The van der Waals surface area contributed by atoms with E-state index in [1.807, 2.05) is 37.3 Å². The number of urea groups is 1. The van der Waals surface area contributed by atoms with Crippen LogP contribution in [-0.2, 0) is 6.61 Å². The fourth-order valence-electron chi connectivity index (χ4n) is 2.08. The Morgan fingerprint density at radius 3 is 2.88 bits per heavy atom. The molecule has 10 nitrogen and oxygen atoms in total.